The Morgan fingerprint density at radius 3 is 1.93 bits per heavy atom. The van der Waals surface area contributed by atoms with Crippen LogP contribution in [-0.2, 0) is 42.8 Å². The molecular weight excluding hydrogens is 592 g/mol. The van der Waals surface area contributed by atoms with Gasteiger partial charge in [-0.3, -0.25) is 4.79 Å². The maximum atomic E-state index is 12.1. The predicted octanol–water partition coefficient (Wildman–Crippen LogP) is -6.87. The average molecular weight is 631 g/mol. The minimum atomic E-state index is -2.03. The Labute approximate surface area is 243 Å². The van der Waals surface area contributed by atoms with Crippen molar-refractivity contribution in [2.45, 2.75) is 112 Å². The molecule has 0 aromatic carbocycles. The van der Waals surface area contributed by atoms with Crippen LogP contribution in [0, 0.1) is 0 Å². The number of nitrogens with two attached hydrogens (primary N) is 1. The molecule has 12 N–H and O–H groups in total. The number of nitrogens with one attached hydrogen (secondary N) is 1. The van der Waals surface area contributed by atoms with Gasteiger partial charge in [-0.2, -0.15) is 0 Å². The van der Waals surface area contributed by atoms with Gasteiger partial charge in [0.1, 0.15) is 54.9 Å². The number of hydrogen-bond donors (Lipinski definition) is 11. The van der Waals surface area contributed by atoms with Gasteiger partial charge in [-0.05, 0) is 6.92 Å². The van der Waals surface area contributed by atoms with E-state index in [1.54, 1.807) is 0 Å². The van der Waals surface area contributed by atoms with Gasteiger partial charge in [-0.15, -0.1) is 0 Å². The third-order valence-corrected chi connectivity index (χ3v) is 7.13. The zero-order valence-electron chi connectivity index (χ0n) is 22.9. The molecule has 3 fully saturated rings. The van der Waals surface area contributed by atoms with Crippen LogP contribution in [-0.4, -0.2) is 175 Å². The van der Waals surface area contributed by atoms with E-state index in [4.69, 9.17) is 39.3 Å². The largest absolute Gasteiger partial charge is 0.479 e. The summed E-state index contributed by atoms with van der Waals surface area (Å²) in [5.74, 6) is -4.08. The van der Waals surface area contributed by atoms with Crippen molar-refractivity contribution in [3.63, 3.8) is 0 Å². The molecule has 0 aromatic heterocycles. The topological polar surface area (TPSA) is 327 Å². The molecule has 0 aromatic rings. The number of aliphatic hydroxyl groups excluding tert-OH is 7. The molecule has 3 saturated heterocycles. The first-order valence-electron chi connectivity index (χ1n) is 13.1. The first-order chi connectivity index (χ1) is 20.1. The minimum Gasteiger partial charge on any atom is -0.479 e. The Bertz CT molecular complexity index is 975. The summed E-state index contributed by atoms with van der Waals surface area (Å²) in [5.41, 5.74) is 6.23. The first kappa shape index (κ1) is 35.3. The maximum absolute atomic E-state index is 12.1. The molecule has 3 aliphatic rings. The van der Waals surface area contributed by atoms with E-state index in [0.717, 1.165) is 6.92 Å². The van der Waals surface area contributed by atoms with Crippen LogP contribution in [0.1, 0.15) is 13.8 Å². The number of amides is 1. The Hall–Kier alpha value is -2.15. The number of aliphatic hydroxyl groups is 7. The van der Waals surface area contributed by atoms with E-state index in [2.05, 4.69) is 5.32 Å². The summed E-state index contributed by atoms with van der Waals surface area (Å²) in [7, 11) is 0. The average Bonchev–Trinajstić information content (AvgIpc) is 2.94. The highest BCUT2D eigenvalue weighted by molar-refractivity contribution is 5.74. The molecule has 0 aliphatic carbocycles. The minimum absolute atomic E-state index is 0.586. The van der Waals surface area contributed by atoms with Crippen LogP contribution in [0.2, 0.25) is 0 Å². The number of carboxylic acid groups (broad SMARTS) is 2. The molecule has 3 heterocycles. The summed E-state index contributed by atoms with van der Waals surface area (Å²) in [6.45, 7) is 1.20. The van der Waals surface area contributed by atoms with Gasteiger partial charge in [0.05, 0.1) is 25.4 Å². The molecule has 0 radical (unpaired) electrons. The van der Waals surface area contributed by atoms with Crippen molar-refractivity contribution in [1.82, 2.24) is 5.32 Å². The molecular formula is C23H38N2O18. The molecule has 20 nitrogen and oxygen atoms in total. The Balaban J connectivity index is 1.87. The van der Waals surface area contributed by atoms with Crippen LogP contribution in [0.25, 0.3) is 0 Å². The summed E-state index contributed by atoms with van der Waals surface area (Å²) >= 11 is 0. The zero-order chi connectivity index (χ0) is 32.3. The lowest BCUT2D eigenvalue weighted by Crippen LogP contribution is -2.70. The van der Waals surface area contributed by atoms with Crippen molar-refractivity contribution >= 4 is 17.8 Å². The zero-order valence-corrected chi connectivity index (χ0v) is 22.9. The number of carbonyl (C=O) groups is 3. The third kappa shape index (κ3) is 7.93. The van der Waals surface area contributed by atoms with E-state index in [-0.39, 0.29) is 0 Å². The van der Waals surface area contributed by atoms with E-state index in [9.17, 15) is 55.2 Å². The molecule has 3 rings (SSSR count). The number of hydrogen-bond acceptors (Lipinski definition) is 17. The van der Waals surface area contributed by atoms with Crippen LogP contribution in [0.5, 0.6) is 0 Å². The molecule has 43 heavy (non-hydrogen) atoms. The Morgan fingerprint density at radius 2 is 1.37 bits per heavy atom. The van der Waals surface area contributed by atoms with Crippen molar-refractivity contribution in [2.75, 3.05) is 13.2 Å². The van der Waals surface area contributed by atoms with Crippen LogP contribution in [0.3, 0.4) is 0 Å². The number of ether oxygens (including phenoxy) is 6. The predicted molar refractivity (Wildman–Crippen MR) is 131 cm³/mol. The van der Waals surface area contributed by atoms with E-state index in [1.807, 2.05) is 0 Å². The van der Waals surface area contributed by atoms with Gasteiger partial charge in [-0.25, -0.2) is 9.59 Å². The third-order valence-electron chi connectivity index (χ3n) is 7.13. The lowest BCUT2D eigenvalue weighted by atomic mass is 9.93. The van der Waals surface area contributed by atoms with Gasteiger partial charge >= 0.3 is 11.9 Å². The SMILES string of the molecule is CC(=O)N[C@H]1[C@@H](O[C@@H]2[C@H](O)[C@@H](O)[C@@H](OC[C@H](O)CO)O[C@@H]2C(=O)O)O[C@H](C)[C@H](N)[C@@H]1O[C@H]1O[C@H](C(=O)O)[C@H](O)[C@H](O)[C@H]1O. The van der Waals surface area contributed by atoms with Crippen LogP contribution < -0.4 is 11.1 Å². The highest BCUT2D eigenvalue weighted by Gasteiger charge is 2.55. The maximum Gasteiger partial charge on any atom is 0.335 e. The molecule has 16 atom stereocenters. The summed E-state index contributed by atoms with van der Waals surface area (Å²) < 4.78 is 32.7. The smallest absolute Gasteiger partial charge is 0.335 e. The van der Waals surface area contributed by atoms with Crippen molar-refractivity contribution in [2.24, 2.45) is 5.73 Å². The normalized spacial score (nSPS) is 44.4. The molecule has 0 spiro atoms. The summed E-state index contributed by atoms with van der Waals surface area (Å²) in [6.07, 6.45) is -25.2. The summed E-state index contributed by atoms with van der Waals surface area (Å²) in [6, 6.07) is -2.64. The number of rotatable bonds is 11. The lowest BCUT2D eigenvalue weighted by Gasteiger charge is -2.49. The molecule has 0 saturated carbocycles. The lowest BCUT2D eigenvalue weighted by molar-refractivity contribution is -0.348. The number of carboxylic acids is 2. The van der Waals surface area contributed by atoms with E-state index in [0.29, 0.717) is 0 Å². The standard InChI is InChI=1S/C23H38N2O18/c1-5-8(24)15(40-23-13(32)10(29)11(30)17(42-23)19(34)35)9(25-6(2)27)21(39-5)41-16-12(31)14(33)22(38-4-7(28)3-26)43-18(16)20(36)37/h5,7-18,21-23,26,28-33H,3-4,24H2,1-2H3,(H,25,27)(H,34,35)(H,36,37)/t5-,7-,8+,9-,10+,11-,12-,13-,14-,15+,16-,17+,18+,21-,22+,23+/m1/s1. The molecule has 248 valence electrons. The monoisotopic (exact) mass is 630 g/mol. The van der Waals surface area contributed by atoms with E-state index < -0.39 is 129 Å². The fourth-order valence-electron chi connectivity index (χ4n) is 4.78. The molecule has 3 aliphatic heterocycles. The molecule has 0 unspecified atom stereocenters. The van der Waals surface area contributed by atoms with Crippen LogP contribution in [0.4, 0.5) is 0 Å². The highest BCUT2D eigenvalue weighted by Crippen LogP contribution is 2.32. The summed E-state index contributed by atoms with van der Waals surface area (Å²) in [4.78, 5) is 35.7. The molecule has 20 heteroatoms. The quantitative estimate of drug-likeness (QED) is 0.101. The Morgan fingerprint density at radius 1 is 0.814 bits per heavy atom. The van der Waals surface area contributed by atoms with Gasteiger partial charge in [0.25, 0.3) is 0 Å². The number of carbonyl (C=O) groups excluding carboxylic acids is 1. The van der Waals surface area contributed by atoms with Crippen molar-refractivity contribution in [1.29, 1.82) is 0 Å². The molecule has 0 bridgehead atoms. The van der Waals surface area contributed by atoms with E-state index >= 15 is 0 Å². The summed E-state index contributed by atoms with van der Waals surface area (Å²) in [5, 5.41) is 91.9. The second-order valence-electron chi connectivity index (χ2n) is 10.4. The van der Waals surface area contributed by atoms with Crippen LogP contribution >= 0.6 is 0 Å². The van der Waals surface area contributed by atoms with Crippen molar-refractivity contribution < 1.29 is 88.8 Å². The second kappa shape index (κ2) is 14.8. The van der Waals surface area contributed by atoms with Crippen molar-refractivity contribution in [3.8, 4) is 0 Å². The van der Waals surface area contributed by atoms with Gasteiger partial charge < -0.3 is 85.4 Å². The van der Waals surface area contributed by atoms with E-state index in [1.165, 1.54) is 6.92 Å². The van der Waals surface area contributed by atoms with Gasteiger partial charge in [0.15, 0.2) is 31.1 Å². The fraction of sp³-hybridized carbons (Fsp3) is 0.870. The van der Waals surface area contributed by atoms with Gasteiger partial charge in [0, 0.05) is 6.92 Å². The van der Waals surface area contributed by atoms with Crippen LogP contribution in [0.15, 0.2) is 0 Å². The molecule has 1 amide bonds. The fourth-order valence-corrected chi connectivity index (χ4v) is 4.78. The van der Waals surface area contributed by atoms with Crippen molar-refractivity contribution in [3.05, 3.63) is 0 Å². The van der Waals surface area contributed by atoms with Gasteiger partial charge in [-0.1, -0.05) is 0 Å². The highest BCUT2D eigenvalue weighted by atomic mass is 16.7. The number of aliphatic carboxylic acids is 2. The Kier molecular flexibility index (Phi) is 12.1. The first-order valence-corrected chi connectivity index (χ1v) is 13.1. The second-order valence-corrected chi connectivity index (χ2v) is 10.4. The van der Waals surface area contributed by atoms with Gasteiger partial charge in [0.2, 0.25) is 5.91 Å².